The summed E-state index contributed by atoms with van der Waals surface area (Å²) in [5.41, 5.74) is 2.34. The SMILES string of the molecule is CCN1CCN(S(=O)(=O)c2cc(Br)cnc2NN)CC1. The average Bonchev–Trinajstić information content (AvgIpc) is 2.47. The summed E-state index contributed by atoms with van der Waals surface area (Å²) in [5.74, 6) is 5.51. The standard InChI is InChI=1S/C11H18BrN5O2S/c1-2-16-3-5-17(6-4-16)20(18,19)10-7-9(12)8-14-11(10)15-13/h7-8H,2-6,13H2,1H3,(H,14,15). The molecular weight excluding hydrogens is 346 g/mol. The van der Waals surface area contributed by atoms with Gasteiger partial charge >= 0.3 is 0 Å². The lowest BCUT2D eigenvalue weighted by molar-refractivity contribution is 0.196. The van der Waals surface area contributed by atoms with Crippen LogP contribution in [-0.2, 0) is 10.0 Å². The van der Waals surface area contributed by atoms with Gasteiger partial charge in [0.05, 0.1) is 0 Å². The molecule has 0 atom stereocenters. The van der Waals surface area contributed by atoms with E-state index in [9.17, 15) is 8.42 Å². The number of likely N-dealkylation sites (N-methyl/N-ethyl adjacent to an activating group) is 1. The molecule has 1 saturated heterocycles. The molecular formula is C11H18BrN5O2S. The molecule has 0 aromatic carbocycles. The first-order chi connectivity index (χ1) is 9.48. The number of hydrogen-bond donors (Lipinski definition) is 2. The summed E-state index contributed by atoms with van der Waals surface area (Å²) in [6.07, 6.45) is 1.50. The minimum absolute atomic E-state index is 0.0966. The summed E-state index contributed by atoms with van der Waals surface area (Å²) < 4.78 is 27.4. The van der Waals surface area contributed by atoms with Gasteiger partial charge in [0.25, 0.3) is 0 Å². The molecule has 2 heterocycles. The smallest absolute Gasteiger partial charge is 0.246 e. The Balaban J connectivity index is 2.29. The number of anilines is 1. The second-order valence-electron chi connectivity index (χ2n) is 4.48. The van der Waals surface area contributed by atoms with Crippen molar-refractivity contribution in [2.75, 3.05) is 38.1 Å². The molecule has 1 aliphatic heterocycles. The normalized spacial score (nSPS) is 18.1. The van der Waals surface area contributed by atoms with Crippen LogP contribution in [0.25, 0.3) is 0 Å². The number of piperazine rings is 1. The fourth-order valence-electron chi connectivity index (χ4n) is 2.15. The maximum Gasteiger partial charge on any atom is 0.246 e. The van der Waals surface area contributed by atoms with Crippen LogP contribution in [-0.4, -0.2) is 55.3 Å². The van der Waals surface area contributed by atoms with E-state index >= 15 is 0 Å². The molecule has 0 spiro atoms. The van der Waals surface area contributed by atoms with Gasteiger partial charge < -0.3 is 10.3 Å². The van der Waals surface area contributed by atoms with Crippen molar-refractivity contribution in [3.63, 3.8) is 0 Å². The number of nitrogens with one attached hydrogen (secondary N) is 1. The predicted molar refractivity (Wildman–Crippen MR) is 80.6 cm³/mol. The molecule has 2 rings (SSSR count). The highest BCUT2D eigenvalue weighted by Gasteiger charge is 2.30. The van der Waals surface area contributed by atoms with E-state index < -0.39 is 10.0 Å². The minimum Gasteiger partial charge on any atom is -0.307 e. The molecule has 1 aromatic rings. The molecule has 7 nitrogen and oxygen atoms in total. The second kappa shape index (κ2) is 6.35. The Bertz CT molecular complexity index is 572. The molecule has 1 aromatic heterocycles. The van der Waals surface area contributed by atoms with E-state index in [-0.39, 0.29) is 10.7 Å². The highest BCUT2D eigenvalue weighted by atomic mass is 79.9. The number of hydrogen-bond acceptors (Lipinski definition) is 6. The van der Waals surface area contributed by atoms with Gasteiger partial charge in [0.15, 0.2) is 5.82 Å². The predicted octanol–water partition coefficient (Wildman–Crippen LogP) is 0.456. The molecule has 3 N–H and O–H groups in total. The molecule has 1 aliphatic rings. The Morgan fingerprint density at radius 3 is 2.60 bits per heavy atom. The third kappa shape index (κ3) is 3.12. The summed E-state index contributed by atoms with van der Waals surface area (Å²) >= 11 is 3.24. The fraction of sp³-hybridized carbons (Fsp3) is 0.545. The monoisotopic (exact) mass is 363 g/mol. The summed E-state index contributed by atoms with van der Waals surface area (Å²) in [4.78, 5) is 6.30. The van der Waals surface area contributed by atoms with Crippen LogP contribution in [0.2, 0.25) is 0 Å². The Labute approximate surface area is 127 Å². The van der Waals surface area contributed by atoms with Gasteiger partial charge in [0.1, 0.15) is 4.90 Å². The lowest BCUT2D eigenvalue weighted by atomic mass is 10.4. The van der Waals surface area contributed by atoms with Gasteiger partial charge in [-0.2, -0.15) is 4.31 Å². The molecule has 0 saturated carbocycles. The van der Waals surface area contributed by atoms with Gasteiger partial charge in [-0.1, -0.05) is 6.92 Å². The Morgan fingerprint density at radius 2 is 2.05 bits per heavy atom. The Hall–Kier alpha value is -0.740. The van der Waals surface area contributed by atoms with Crippen LogP contribution in [0, 0.1) is 0 Å². The van der Waals surface area contributed by atoms with Crippen LogP contribution >= 0.6 is 15.9 Å². The van der Waals surface area contributed by atoms with Crippen LogP contribution in [0.4, 0.5) is 5.82 Å². The van der Waals surface area contributed by atoms with Gasteiger partial charge in [-0.25, -0.2) is 19.2 Å². The Morgan fingerprint density at radius 1 is 1.40 bits per heavy atom. The molecule has 20 heavy (non-hydrogen) atoms. The summed E-state index contributed by atoms with van der Waals surface area (Å²) in [5, 5.41) is 0. The van der Waals surface area contributed by atoms with E-state index in [0.717, 1.165) is 19.6 Å². The van der Waals surface area contributed by atoms with E-state index in [1.54, 1.807) is 0 Å². The number of aromatic nitrogens is 1. The molecule has 0 bridgehead atoms. The van der Waals surface area contributed by atoms with Crippen molar-refractivity contribution in [2.24, 2.45) is 5.84 Å². The van der Waals surface area contributed by atoms with E-state index in [2.05, 4.69) is 38.2 Å². The molecule has 9 heteroatoms. The van der Waals surface area contributed by atoms with Gasteiger partial charge in [-0.15, -0.1) is 0 Å². The van der Waals surface area contributed by atoms with Crippen LogP contribution in [0.1, 0.15) is 6.92 Å². The average molecular weight is 364 g/mol. The number of rotatable bonds is 4. The molecule has 1 fully saturated rings. The van der Waals surface area contributed by atoms with Crippen molar-refractivity contribution in [1.29, 1.82) is 0 Å². The maximum atomic E-state index is 12.7. The van der Waals surface area contributed by atoms with Crippen molar-refractivity contribution in [3.8, 4) is 0 Å². The van der Waals surface area contributed by atoms with E-state index in [1.807, 2.05) is 0 Å². The van der Waals surface area contributed by atoms with Crippen LogP contribution in [0.15, 0.2) is 21.6 Å². The van der Waals surface area contributed by atoms with Crippen molar-refractivity contribution in [2.45, 2.75) is 11.8 Å². The van der Waals surface area contributed by atoms with Crippen molar-refractivity contribution < 1.29 is 8.42 Å². The number of halogens is 1. The number of hydrazine groups is 1. The second-order valence-corrected chi connectivity index (χ2v) is 7.30. The first kappa shape index (κ1) is 15.6. The zero-order valence-corrected chi connectivity index (χ0v) is 13.6. The highest BCUT2D eigenvalue weighted by molar-refractivity contribution is 9.10. The van der Waals surface area contributed by atoms with Crippen LogP contribution in [0.5, 0.6) is 0 Å². The number of pyridine rings is 1. The summed E-state index contributed by atoms with van der Waals surface area (Å²) in [6.45, 7) is 5.44. The molecule has 0 amide bonds. The van der Waals surface area contributed by atoms with Gasteiger partial charge in [0, 0.05) is 36.8 Å². The molecule has 0 radical (unpaired) electrons. The maximum absolute atomic E-state index is 12.7. The van der Waals surface area contributed by atoms with Crippen LogP contribution in [0.3, 0.4) is 0 Å². The third-order valence-corrected chi connectivity index (χ3v) is 5.70. The molecule has 112 valence electrons. The van der Waals surface area contributed by atoms with E-state index in [1.165, 1.54) is 16.6 Å². The van der Waals surface area contributed by atoms with Crippen LogP contribution < -0.4 is 11.3 Å². The van der Waals surface area contributed by atoms with Gasteiger partial charge in [-0.05, 0) is 28.5 Å². The Kier molecular flexibility index (Phi) is 4.97. The lowest BCUT2D eigenvalue weighted by Crippen LogP contribution is -2.48. The highest BCUT2D eigenvalue weighted by Crippen LogP contribution is 2.26. The topological polar surface area (TPSA) is 91.6 Å². The first-order valence-corrected chi connectivity index (χ1v) is 8.57. The minimum atomic E-state index is -3.59. The van der Waals surface area contributed by atoms with Gasteiger partial charge in [0.2, 0.25) is 10.0 Å². The molecule has 0 aliphatic carbocycles. The van der Waals surface area contributed by atoms with Crippen molar-refractivity contribution in [3.05, 3.63) is 16.7 Å². The third-order valence-electron chi connectivity index (χ3n) is 3.35. The van der Waals surface area contributed by atoms with Crippen molar-refractivity contribution >= 4 is 31.8 Å². The number of nitrogens with zero attached hydrogens (tertiary/aromatic N) is 3. The van der Waals surface area contributed by atoms with E-state index in [0.29, 0.717) is 17.6 Å². The zero-order chi connectivity index (χ0) is 14.8. The number of nitrogen functional groups attached to an aromatic ring is 1. The first-order valence-electron chi connectivity index (χ1n) is 6.33. The summed E-state index contributed by atoms with van der Waals surface area (Å²) in [6, 6.07) is 1.52. The van der Waals surface area contributed by atoms with E-state index in [4.69, 9.17) is 5.84 Å². The largest absolute Gasteiger partial charge is 0.307 e. The molecule has 0 unspecified atom stereocenters. The zero-order valence-electron chi connectivity index (χ0n) is 11.2. The number of nitrogens with two attached hydrogens (primary N) is 1. The lowest BCUT2D eigenvalue weighted by Gasteiger charge is -2.33. The fourth-order valence-corrected chi connectivity index (χ4v) is 4.19. The van der Waals surface area contributed by atoms with Gasteiger partial charge in [-0.3, -0.25) is 0 Å². The number of sulfonamides is 1. The summed E-state index contributed by atoms with van der Waals surface area (Å²) in [7, 11) is -3.59. The quantitative estimate of drug-likeness (QED) is 0.596. The van der Waals surface area contributed by atoms with Crippen molar-refractivity contribution in [1.82, 2.24) is 14.2 Å².